The Morgan fingerprint density at radius 1 is 1.44 bits per heavy atom. The minimum Gasteiger partial charge on any atom is -0.480 e. The summed E-state index contributed by atoms with van der Waals surface area (Å²) < 4.78 is 0. The third-order valence-electron chi connectivity index (χ3n) is 2.35. The van der Waals surface area contributed by atoms with E-state index in [0.717, 1.165) is 4.90 Å². The number of hydrogen-bond donors (Lipinski definition) is 3. The summed E-state index contributed by atoms with van der Waals surface area (Å²) in [7, 11) is 1.41. The molecule has 3 N–H and O–H groups in total. The summed E-state index contributed by atoms with van der Waals surface area (Å²) in [5.41, 5.74) is 0. The van der Waals surface area contributed by atoms with Crippen molar-refractivity contribution in [2.75, 3.05) is 26.7 Å². The molecule has 0 unspecified atom stereocenters. The van der Waals surface area contributed by atoms with Gasteiger partial charge in [0.25, 0.3) is 5.91 Å². The zero-order valence-electron chi connectivity index (χ0n) is 9.62. The van der Waals surface area contributed by atoms with Gasteiger partial charge in [-0.1, -0.05) is 0 Å². The summed E-state index contributed by atoms with van der Waals surface area (Å²) in [6.07, 6.45) is 0. The highest BCUT2D eigenvalue weighted by atomic mass is 16.4. The van der Waals surface area contributed by atoms with Gasteiger partial charge in [0, 0.05) is 7.05 Å². The second-order valence-electron chi connectivity index (χ2n) is 3.76. The summed E-state index contributed by atoms with van der Waals surface area (Å²) >= 11 is 0. The number of carbonyl (C=O) groups excluding carboxylic acids is 3. The van der Waals surface area contributed by atoms with Gasteiger partial charge >= 0.3 is 12.0 Å². The Balaban J connectivity index is 2.57. The van der Waals surface area contributed by atoms with Crippen molar-refractivity contribution < 1.29 is 29.4 Å². The normalized spacial score (nSPS) is 17.0. The van der Waals surface area contributed by atoms with Crippen LogP contribution in [0.3, 0.4) is 0 Å². The molecule has 0 radical (unpaired) electrons. The van der Waals surface area contributed by atoms with Crippen molar-refractivity contribution in [2.45, 2.75) is 6.04 Å². The van der Waals surface area contributed by atoms with Gasteiger partial charge < -0.3 is 20.4 Å². The van der Waals surface area contributed by atoms with Gasteiger partial charge in [-0.15, -0.1) is 0 Å². The standard InChI is InChI=1S/C9H13N3O6/c1-11-3-7(15)12(9(11)18)2-6(14)10-5(4-13)8(16)17/h5,13H,2-4H2,1H3,(H,10,14)(H,16,17)/t5-/m1/s1. The fraction of sp³-hybridized carbons (Fsp3) is 0.556. The predicted molar refractivity (Wildman–Crippen MR) is 56.4 cm³/mol. The second kappa shape index (κ2) is 5.45. The predicted octanol–water partition coefficient (Wildman–Crippen LogP) is -2.56. The first kappa shape index (κ1) is 13.9. The average Bonchev–Trinajstić information content (AvgIpc) is 2.52. The number of carboxylic acid groups (broad SMARTS) is 1. The molecule has 0 aromatic rings. The molecule has 0 aromatic heterocycles. The van der Waals surface area contributed by atoms with Gasteiger partial charge in [0.15, 0.2) is 0 Å². The maximum atomic E-state index is 11.4. The molecule has 100 valence electrons. The molecule has 1 saturated heterocycles. The van der Waals surface area contributed by atoms with Crippen molar-refractivity contribution in [3.63, 3.8) is 0 Å². The van der Waals surface area contributed by atoms with Crippen LogP contribution < -0.4 is 5.32 Å². The number of aliphatic carboxylic acids is 1. The lowest BCUT2D eigenvalue weighted by molar-refractivity contribution is -0.143. The van der Waals surface area contributed by atoms with Crippen LogP contribution in [0.15, 0.2) is 0 Å². The minimum absolute atomic E-state index is 0.117. The molecule has 0 aliphatic carbocycles. The van der Waals surface area contributed by atoms with Crippen LogP contribution in [0.2, 0.25) is 0 Å². The number of carbonyl (C=O) groups is 4. The maximum absolute atomic E-state index is 11.4. The third kappa shape index (κ3) is 2.94. The highest BCUT2D eigenvalue weighted by Gasteiger charge is 2.35. The highest BCUT2D eigenvalue weighted by Crippen LogP contribution is 2.06. The average molecular weight is 259 g/mol. The van der Waals surface area contributed by atoms with Crippen LogP contribution in [0.5, 0.6) is 0 Å². The van der Waals surface area contributed by atoms with E-state index in [2.05, 4.69) is 0 Å². The topological polar surface area (TPSA) is 127 Å². The Morgan fingerprint density at radius 2 is 2.06 bits per heavy atom. The number of hydrogen-bond acceptors (Lipinski definition) is 5. The van der Waals surface area contributed by atoms with Crippen LogP contribution in [0.4, 0.5) is 4.79 Å². The molecule has 1 fully saturated rings. The molecule has 1 rings (SSSR count). The third-order valence-corrected chi connectivity index (χ3v) is 2.35. The molecular formula is C9H13N3O6. The van der Waals surface area contributed by atoms with Crippen molar-refractivity contribution in [1.29, 1.82) is 0 Å². The van der Waals surface area contributed by atoms with Crippen molar-refractivity contribution in [2.24, 2.45) is 0 Å². The fourth-order valence-corrected chi connectivity index (χ4v) is 1.39. The van der Waals surface area contributed by atoms with Gasteiger partial charge in [-0.2, -0.15) is 0 Å². The summed E-state index contributed by atoms with van der Waals surface area (Å²) in [5, 5.41) is 19.3. The molecule has 1 aliphatic rings. The van der Waals surface area contributed by atoms with E-state index in [-0.39, 0.29) is 6.54 Å². The van der Waals surface area contributed by atoms with E-state index in [4.69, 9.17) is 10.2 Å². The first-order valence-electron chi connectivity index (χ1n) is 5.05. The molecule has 0 spiro atoms. The van der Waals surface area contributed by atoms with Crippen molar-refractivity contribution in [3.8, 4) is 0 Å². The molecule has 18 heavy (non-hydrogen) atoms. The Kier molecular flexibility index (Phi) is 4.21. The van der Waals surface area contributed by atoms with Crippen LogP contribution in [-0.4, -0.2) is 76.6 Å². The van der Waals surface area contributed by atoms with E-state index in [9.17, 15) is 19.2 Å². The summed E-state index contributed by atoms with van der Waals surface area (Å²) in [6, 6.07) is -2.07. The molecule has 9 nitrogen and oxygen atoms in total. The van der Waals surface area contributed by atoms with Crippen molar-refractivity contribution in [3.05, 3.63) is 0 Å². The molecule has 1 heterocycles. The van der Waals surface area contributed by atoms with Crippen LogP contribution in [0.25, 0.3) is 0 Å². The van der Waals surface area contributed by atoms with E-state index >= 15 is 0 Å². The number of rotatable bonds is 5. The summed E-state index contributed by atoms with van der Waals surface area (Å²) in [5.74, 6) is -2.76. The van der Waals surface area contributed by atoms with Gasteiger partial charge in [-0.3, -0.25) is 14.5 Å². The lowest BCUT2D eigenvalue weighted by Crippen LogP contribution is -2.48. The number of nitrogens with one attached hydrogen (secondary N) is 1. The van der Waals surface area contributed by atoms with Crippen LogP contribution >= 0.6 is 0 Å². The monoisotopic (exact) mass is 259 g/mol. The number of urea groups is 1. The van der Waals surface area contributed by atoms with Crippen LogP contribution in [0.1, 0.15) is 0 Å². The Bertz CT molecular complexity index is 396. The van der Waals surface area contributed by atoms with Gasteiger partial charge in [0.05, 0.1) is 6.61 Å². The van der Waals surface area contributed by atoms with E-state index in [0.29, 0.717) is 4.90 Å². The number of aliphatic hydroxyl groups excluding tert-OH is 1. The minimum atomic E-state index is -1.46. The number of carboxylic acids is 1. The fourth-order valence-electron chi connectivity index (χ4n) is 1.39. The lowest BCUT2D eigenvalue weighted by Gasteiger charge is -2.16. The van der Waals surface area contributed by atoms with E-state index < -0.39 is 43.0 Å². The number of amides is 4. The molecule has 0 aromatic carbocycles. The van der Waals surface area contributed by atoms with Crippen LogP contribution in [-0.2, 0) is 14.4 Å². The smallest absolute Gasteiger partial charge is 0.328 e. The number of nitrogens with zero attached hydrogens (tertiary/aromatic N) is 2. The van der Waals surface area contributed by atoms with Gasteiger partial charge in [0.1, 0.15) is 19.1 Å². The molecule has 1 aliphatic heterocycles. The SMILES string of the molecule is CN1CC(=O)N(CC(=O)N[C@H](CO)C(=O)O)C1=O. The molecule has 4 amide bonds. The van der Waals surface area contributed by atoms with E-state index in [1.165, 1.54) is 7.05 Å². The highest BCUT2D eigenvalue weighted by molar-refractivity contribution is 6.04. The number of likely N-dealkylation sites (N-methyl/N-ethyl adjacent to an activating group) is 1. The first-order chi connectivity index (χ1) is 8.36. The van der Waals surface area contributed by atoms with Gasteiger partial charge in [-0.05, 0) is 0 Å². The van der Waals surface area contributed by atoms with E-state index in [1.54, 1.807) is 0 Å². The first-order valence-corrected chi connectivity index (χ1v) is 5.05. The van der Waals surface area contributed by atoms with Crippen LogP contribution in [0, 0.1) is 0 Å². The second-order valence-corrected chi connectivity index (χ2v) is 3.76. The molecule has 0 saturated carbocycles. The van der Waals surface area contributed by atoms with Gasteiger partial charge in [-0.25, -0.2) is 9.59 Å². The molecule has 9 heteroatoms. The van der Waals surface area contributed by atoms with Gasteiger partial charge in [0.2, 0.25) is 5.91 Å². The zero-order chi connectivity index (χ0) is 13.9. The molecule has 0 bridgehead atoms. The Morgan fingerprint density at radius 3 is 2.44 bits per heavy atom. The Labute approximate surface area is 102 Å². The number of aliphatic hydroxyl groups is 1. The lowest BCUT2D eigenvalue weighted by atomic mass is 10.3. The summed E-state index contributed by atoms with van der Waals surface area (Å²) in [4.78, 5) is 46.6. The Hall–Kier alpha value is -2.16. The summed E-state index contributed by atoms with van der Waals surface area (Å²) in [6.45, 7) is -1.46. The zero-order valence-corrected chi connectivity index (χ0v) is 9.62. The molecule has 1 atom stereocenters. The number of imide groups is 1. The van der Waals surface area contributed by atoms with Crippen molar-refractivity contribution in [1.82, 2.24) is 15.1 Å². The maximum Gasteiger partial charge on any atom is 0.328 e. The van der Waals surface area contributed by atoms with Crippen molar-refractivity contribution >= 4 is 23.8 Å². The largest absolute Gasteiger partial charge is 0.480 e. The molecular weight excluding hydrogens is 246 g/mol. The quantitative estimate of drug-likeness (QED) is 0.466. The van der Waals surface area contributed by atoms with E-state index in [1.807, 2.05) is 5.32 Å².